The minimum atomic E-state index is -0.270. The first-order chi connectivity index (χ1) is 9.67. The summed E-state index contributed by atoms with van der Waals surface area (Å²) in [4.78, 5) is 11.7. The highest BCUT2D eigenvalue weighted by Crippen LogP contribution is 2.09. The van der Waals surface area contributed by atoms with Gasteiger partial charge in [-0.1, -0.05) is 12.1 Å². The lowest BCUT2D eigenvalue weighted by molar-refractivity contribution is 0.251. The smallest absolute Gasteiger partial charge is 0.319 e. The van der Waals surface area contributed by atoms with Crippen molar-refractivity contribution in [1.29, 1.82) is 5.26 Å². The third-order valence-electron chi connectivity index (χ3n) is 2.61. The monoisotopic (exact) mass is 377 g/mol. The molecule has 4 nitrogen and oxygen atoms in total. The van der Waals surface area contributed by atoms with E-state index in [4.69, 9.17) is 5.26 Å². The molecule has 20 heavy (non-hydrogen) atoms. The molecule has 2 rings (SSSR count). The van der Waals surface area contributed by atoms with Gasteiger partial charge in [0.05, 0.1) is 11.6 Å². The predicted octanol–water partition coefficient (Wildman–Crippen LogP) is 3.48. The van der Waals surface area contributed by atoms with Gasteiger partial charge in [0.15, 0.2) is 0 Å². The Labute approximate surface area is 130 Å². The van der Waals surface area contributed by atoms with Crippen LogP contribution in [-0.2, 0) is 6.54 Å². The Morgan fingerprint density at radius 1 is 1.20 bits per heavy atom. The van der Waals surface area contributed by atoms with Crippen LogP contribution in [0.4, 0.5) is 10.5 Å². The fourth-order valence-corrected chi connectivity index (χ4v) is 2.24. The highest BCUT2D eigenvalue weighted by atomic mass is 127. The van der Waals surface area contributed by atoms with Crippen LogP contribution in [0.15, 0.2) is 48.5 Å². The molecule has 5 heteroatoms. The molecule has 0 heterocycles. The maximum Gasteiger partial charge on any atom is 0.319 e. The number of hydrogen-bond acceptors (Lipinski definition) is 2. The Bertz CT molecular complexity index is 647. The first-order valence-corrected chi connectivity index (χ1v) is 7.05. The van der Waals surface area contributed by atoms with Gasteiger partial charge in [0.2, 0.25) is 0 Å². The number of urea groups is 1. The Morgan fingerprint density at radius 2 is 1.95 bits per heavy atom. The van der Waals surface area contributed by atoms with E-state index in [1.54, 1.807) is 24.3 Å². The Kier molecular flexibility index (Phi) is 4.96. The zero-order valence-corrected chi connectivity index (χ0v) is 12.7. The van der Waals surface area contributed by atoms with E-state index in [2.05, 4.69) is 33.2 Å². The third-order valence-corrected chi connectivity index (χ3v) is 3.28. The fourth-order valence-electron chi connectivity index (χ4n) is 1.63. The largest absolute Gasteiger partial charge is 0.334 e. The van der Waals surface area contributed by atoms with E-state index in [9.17, 15) is 4.79 Å². The molecule has 2 amide bonds. The average Bonchev–Trinajstić information content (AvgIpc) is 2.46. The third kappa shape index (κ3) is 4.24. The van der Waals surface area contributed by atoms with Crippen LogP contribution in [-0.4, -0.2) is 6.03 Å². The number of hydrogen-bond donors (Lipinski definition) is 2. The highest BCUT2D eigenvalue weighted by molar-refractivity contribution is 14.1. The molecule has 2 N–H and O–H groups in total. The van der Waals surface area contributed by atoms with Crippen LogP contribution in [0.3, 0.4) is 0 Å². The number of benzene rings is 2. The molecule has 2 aromatic carbocycles. The second kappa shape index (κ2) is 6.91. The fraction of sp³-hybridized carbons (Fsp3) is 0.0667. The lowest BCUT2D eigenvalue weighted by atomic mass is 10.2. The number of anilines is 1. The summed E-state index contributed by atoms with van der Waals surface area (Å²) in [6.45, 7) is 0.471. The van der Waals surface area contributed by atoms with E-state index in [1.165, 1.54) is 0 Å². The van der Waals surface area contributed by atoms with Crippen LogP contribution in [0, 0.1) is 14.9 Å². The van der Waals surface area contributed by atoms with Gasteiger partial charge in [-0.15, -0.1) is 0 Å². The molecule has 0 atom stereocenters. The van der Waals surface area contributed by atoms with Crippen molar-refractivity contribution in [2.45, 2.75) is 6.54 Å². The first kappa shape index (κ1) is 14.3. The molecular weight excluding hydrogens is 365 g/mol. The molecule has 0 aromatic heterocycles. The molecule has 2 aromatic rings. The van der Waals surface area contributed by atoms with Crippen LogP contribution in [0.25, 0.3) is 0 Å². The first-order valence-electron chi connectivity index (χ1n) is 5.97. The number of halogens is 1. The number of amides is 2. The zero-order chi connectivity index (χ0) is 14.4. The van der Waals surface area contributed by atoms with Crippen molar-refractivity contribution in [3.05, 3.63) is 63.2 Å². The van der Waals surface area contributed by atoms with E-state index < -0.39 is 0 Å². The Morgan fingerprint density at radius 3 is 2.60 bits per heavy atom. The van der Waals surface area contributed by atoms with Crippen LogP contribution in [0.2, 0.25) is 0 Å². The highest BCUT2D eigenvalue weighted by Gasteiger charge is 2.02. The average molecular weight is 377 g/mol. The SMILES string of the molecule is N#Cc1ccc(NC(=O)NCc2cccc(I)c2)cc1. The van der Waals surface area contributed by atoms with Crippen molar-refractivity contribution in [2.24, 2.45) is 0 Å². The number of nitrogens with one attached hydrogen (secondary N) is 2. The minimum absolute atomic E-state index is 0.270. The van der Waals surface area contributed by atoms with Crippen molar-refractivity contribution in [3.63, 3.8) is 0 Å². The lowest BCUT2D eigenvalue weighted by Gasteiger charge is -2.08. The summed E-state index contributed by atoms with van der Waals surface area (Å²) in [5.41, 5.74) is 2.27. The quantitative estimate of drug-likeness (QED) is 0.805. The summed E-state index contributed by atoms with van der Waals surface area (Å²) in [5, 5.41) is 14.2. The van der Waals surface area contributed by atoms with Crippen LogP contribution in [0.1, 0.15) is 11.1 Å². The van der Waals surface area contributed by atoms with Crippen molar-refractivity contribution in [3.8, 4) is 6.07 Å². The number of carbonyl (C=O) groups excluding carboxylic acids is 1. The molecule has 0 aliphatic rings. The van der Waals surface area contributed by atoms with Crippen molar-refractivity contribution in [1.82, 2.24) is 5.32 Å². The van der Waals surface area contributed by atoms with Gasteiger partial charge in [0, 0.05) is 15.8 Å². The maximum atomic E-state index is 11.7. The van der Waals surface area contributed by atoms with Gasteiger partial charge in [-0.05, 0) is 64.6 Å². The van der Waals surface area contributed by atoms with Gasteiger partial charge in [-0.25, -0.2) is 4.79 Å². The number of carbonyl (C=O) groups is 1. The summed E-state index contributed by atoms with van der Waals surface area (Å²) in [6.07, 6.45) is 0. The summed E-state index contributed by atoms with van der Waals surface area (Å²) in [6, 6.07) is 16.4. The molecular formula is C15H12IN3O. The molecule has 100 valence electrons. The molecule has 0 spiro atoms. The number of nitriles is 1. The van der Waals surface area contributed by atoms with E-state index in [0.717, 1.165) is 9.13 Å². The van der Waals surface area contributed by atoms with Crippen LogP contribution in [0.5, 0.6) is 0 Å². The van der Waals surface area contributed by atoms with Gasteiger partial charge < -0.3 is 10.6 Å². The van der Waals surface area contributed by atoms with E-state index in [-0.39, 0.29) is 6.03 Å². The zero-order valence-electron chi connectivity index (χ0n) is 10.6. The molecule has 0 fully saturated rings. The molecule has 0 bridgehead atoms. The van der Waals surface area contributed by atoms with Gasteiger partial charge in [0.1, 0.15) is 0 Å². The number of rotatable bonds is 3. The van der Waals surface area contributed by atoms with Gasteiger partial charge in [-0.2, -0.15) is 5.26 Å². The van der Waals surface area contributed by atoms with E-state index >= 15 is 0 Å². The molecule has 0 unspecified atom stereocenters. The van der Waals surface area contributed by atoms with Gasteiger partial charge in [-0.3, -0.25) is 0 Å². The summed E-state index contributed by atoms with van der Waals surface area (Å²) < 4.78 is 1.13. The Hall–Kier alpha value is -2.07. The number of nitrogens with zero attached hydrogens (tertiary/aromatic N) is 1. The van der Waals surface area contributed by atoms with Gasteiger partial charge in [0.25, 0.3) is 0 Å². The van der Waals surface area contributed by atoms with Crippen molar-refractivity contribution in [2.75, 3.05) is 5.32 Å². The normalized spacial score (nSPS) is 9.60. The van der Waals surface area contributed by atoms with Crippen molar-refractivity contribution < 1.29 is 4.79 Å². The predicted molar refractivity (Wildman–Crippen MR) is 86.2 cm³/mol. The molecule has 0 saturated heterocycles. The van der Waals surface area contributed by atoms with Crippen molar-refractivity contribution >= 4 is 34.3 Å². The molecule has 0 radical (unpaired) electrons. The Balaban J connectivity index is 1.87. The molecule has 0 saturated carbocycles. The maximum absolute atomic E-state index is 11.7. The van der Waals surface area contributed by atoms with Crippen LogP contribution < -0.4 is 10.6 Å². The second-order valence-corrected chi connectivity index (χ2v) is 5.37. The lowest BCUT2D eigenvalue weighted by Crippen LogP contribution is -2.28. The second-order valence-electron chi connectivity index (χ2n) is 4.13. The molecule has 0 aliphatic heterocycles. The minimum Gasteiger partial charge on any atom is -0.334 e. The standard InChI is InChI=1S/C15H12IN3O/c16-13-3-1-2-12(8-13)10-18-15(20)19-14-6-4-11(9-17)5-7-14/h1-8H,10H2,(H2,18,19,20). The summed E-state index contributed by atoms with van der Waals surface area (Å²) >= 11 is 2.23. The van der Waals surface area contributed by atoms with Gasteiger partial charge >= 0.3 is 6.03 Å². The molecule has 0 aliphatic carbocycles. The topological polar surface area (TPSA) is 64.9 Å². The van der Waals surface area contributed by atoms with Crippen LogP contribution >= 0.6 is 22.6 Å². The van der Waals surface area contributed by atoms with E-state index in [1.807, 2.05) is 30.3 Å². The summed E-state index contributed by atoms with van der Waals surface area (Å²) in [7, 11) is 0. The summed E-state index contributed by atoms with van der Waals surface area (Å²) in [5.74, 6) is 0. The van der Waals surface area contributed by atoms with E-state index in [0.29, 0.717) is 17.8 Å².